The van der Waals surface area contributed by atoms with Gasteiger partial charge < -0.3 is 14.7 Å². The van der Waals surface area contributed by atoms with Crippen LogP contribution in [0, 0.1) is 0 Å². The van der Waals surface area contributed by atoms with Crippen molar-refractivity contribution in [2.24, 2.45) is 0 Å². The van der Waals surface area contributed by atoms with Crippen molar-refractivity contribution in [3.8, 4) is 11.4 Å². The Labute approximate surface area is 176 Å². The Morgan fingerprint density at radius 3 is 2.68 bits per heavy atom. The minimum Gasteiger partial charge on any atom is -0.331 e. The molecule has 1 N–H and O–H groups in total. The second-order valence-corrected chi connectivity index (χ2v) is 7.80. The molecule has 6 nitrogen and oxygen atoms in total. The molecule has 0 saturated carbocycles. The fourth-order valence-corrected chi connectivity index (χ4v) is 4.44. The third-order valence-corrected chi connectivity index (χ3v) is 5.94. The maximum atomic E-state index is 13.3. The van der Waals surface area contributed by atoms with Crippen molar-refractivity contribution in [3.05, 3.63) is 71.1 Å². The third-order valence-electron chi connectivity index (χ3n) is 5.94. The number of alkyl halides is 3. The van der Waals surface area contributed by atoms with E-state index in [1.54, 1.807) is 18.2 Å². The summed E-state index contributed by atoms with van der Waals surface area (Å²) in [6.45, 7) is 2.08. The molecule has 1 amide bonds. The minimum absolute atomic E-state index is 0.0361. The van der Waals surface area contributed by atoms with Gasteiger partial charge in [0.15, 0.2) is 0 Å². The van der Waals surface area contributed by atoms with Gasteiger partial charge in [-0.3, -0.25) is 4.79 Å². The summed E-state index contributed by atoms with van der Waals surface area (Å²) in [6.07, 6.45) is -3.89. The topological polar surface area (TPSA) is 71.3 Å². The van der Waals surface area contributed by atoms with E-state index in [1.807, 2.05) is 23.1 Å². The zero-order valence-electron chi connectivity index (χ0n) is 16.4. The first-order valence-electron chi connectivity index (χ1n) is 10.0. The number of aromatic nitrogens is 2. The van der Waals surface area contributed by atoms with Gasteiger partial charge in [-0.05, 0) is 30.2 Å². The number of piperidine rings is 1. The number of amides is 1. The van der Waals surface area contributed by atoms with Gasteiger partial charge in [0.1, 0.15) is 0 Å². The van der Waals surface area contributed by atoms with E-state index < -0.39 is 12.1 Å². The lowest BCUT2D eigenvalue weighted by atomic mass is 9.86. The molecule has 160 valence electrons. The lowest BCUT2D eigenvalue weighted by Crippen LogP contribution is -2.48. The molecule has 0 radical (unpaired) electrons. The van der Waals surface area contributed by atoms with E-state index in [0.717, 1.165) is 25.1 Å². The number of carbonyl (C=O) groups excluding carboxylic acids is 1. The fourth-order valence-electron chi connectivity index (χ4n) is 4.44. The zero-order valence-corrected chi connectivity index (χ0v) is 16.4. The first-order valence-corrected chi connectivity index (χ1v) is 10.0. The number of carbonyl (C=O) groups is 1. The number of halogens is 3. The van der Waals surface area contributed by atoms with Gasteiger partial charge in [0, 0.05) is 36.2 Å². The van der Waals surface area contributed by atoms with E-state index in [0.29, 0.717) is 17.7 Å². The molecule has 2 atom stereocenters. The number of fused-ring (bicyclic) bond motifs is 1. The first kappa shape index (κ1) is 19.7. The Morgan fingerprint density at radius 2 is 1.94 bits per heavy atom. The fraction of sp³-hybridized carbons (Fsp3) is 0.318. The Bertz CT molecular complexity index is 1110. The van der Waals surface area contributed by atoms with Crippen molar-refractivity contribution in [3.63, 3.8) is 0 Å². The SMILES string of the molecule is O=C1c2cc(-c3noc(C(F)(F)F)n3)ccc2CN1[C@@H]1CCNC[C@H]1c1ccccc1. The molecule has 3 aromatic rings. The summed E-state index contributed by atoms with van der Waals surface area (Å²) < 4.78 is 42.6. The van der Waals surface area contributed by atoms with E-state index >= 15 is 0 Å². The van der Waals surface area contributed by atoms with Crippen LogP contribution in [0.4, 0.5) is 13.2 Å². The number of hydrogen-bond acceptors (Lipinski definition) is 5. The molecule has 0 bridgehead atoms. The molecule has 2 aromatic carbocycles. The second kappa shape index (κ2) is 7.49. The van der Waals surface area contributed by atoms with Crippen LogP contribution in [-0.4, -0.2) is 40.1 Å². The highest BCUT2D eigenvalue weighted by molar-refractivity contribution is 5.99. The third kappa shape index (κ3) is 3.59. The molecular weight excluding hydrogens is 409 g/mol. The predicted octanol–water partition coefficient (Wildman–Crippen LogP) is 3.86. The minimum atomic E-state index is -4.71. The monoisotopic (exact) mass is 428 g/mol. The summed E-state index contributed by atoms with van der Waals surface area (Å²) in [6, 6.07) is 15.1. The maximum absolute atomic E-state index is 13.3. The van der Waals surface area contributed by atoms with E-state index in [2.05, 4.69) is 32.1 Å². The quantitative estimate of drug-likeness (QED) is 0.686. The van der Waals surface area contributed by atoms with Crippen LogP contribution in [0.25, 0.3) is 11.4 Å². The Balaban J connectivity index is 1.43. The standard InChI is InChI=1S/C22H19F3N4O2/c23-22(24,25)21-27-19(28-31-21)14-6-7-15-12-29(20(30)16(15)10-14)18-8-9-26-11-17(18)13-4-2-1-3-5-13/h1-7,10,17-18,26H,8-9,11-12H2/t17-,18+/m0/s1. The molecule has 3 heterocycles. The number of nitrogens with one attached hydrogen (secondary N) is 1. The summed E-state index contributed by atoms with van der Waals surface area (Å²) in [7, 11) is 0. The van der Waals surface area contributed by atoms with Gasteiger partial charge in [0.05, 0.1) is 0 Å². The molecule has 2 aliphatic heterocycles. The molecule has 5 rings (SSSR count). The van der Waals surface area contributed by atoms with Crippen LogP contribution < -0.4 is 5.32 Å². The highest BCUT2D eigenvalue weighted by atomic mass is 19.4. The molecule has 0 spiro atoms. The summed E-state index contributed by atoms with van der Waals surface area (Å²) in [5, 5.41) is 6.84. The molecule has 1 aromatic heterocycles. The van der Waals surface area contributed by atoms with Gasteiger partial charge in [0.25, 0.3) is 5.91 Å². The van der Waals surface area contributed by atoms with Crippen molar-refractivity contribution >= 4 is 5.91 Å². The predicted molar refractivity (Wildman–Crippen MR) is 105 cm³/mol. The average molecular weight is 428 g/mol. The smallest absolute Gasteiger partial charge is 0.331 e. The summed E-state index contributed by atoms with van der Waals surface area (Å²) in [4.78, 5) is 18.6. The van der Waals surface area contributed by atoms with Gasteiger partial charge in [0.2, 0.25) is 5.82 Å². The van der Waals surface area contributed by atoms with Gasteiger partial charge in [-0.15, -0.1) is 0 Å². The molecule has 9 heteroatoms. The van der Waals surface area contributed by atoms with Crippen LogP contribution >= 0.6 is 0 Å². The Hall–Kier alpha value is -3.20. The van der Waals surface area contributed by atoms with E-state index in [1.165, 1.54) is 5.56 Å². The number of rotatable bonds is 3. The average Bonchev–Trinajstić information content (AvgIpc) is 3.40. The van der Waals surface area contributed by atoms with Crippen LogP contribution in [0.5, 0.6) is 0 Å². The van der Waals surface area contributed by atoms with Crippen LogP contribution in [-0.2, 0) is 12.7 Å². The summed E-state index contributed by atoms with van der Waals surface area (Å²) in [5.74, 6) is -1.55. The molecule has 31 heavy (non-hydrogen) atoms. The van der Waals surface area contributed by atoms with Crippen molar-refractivity contribution in [1.82, 2.24) is 20.4 Å². The second-order valence-electron chi connectivity index (χ2n) is 7.80. The van der Waals surface area contributed by atoms with E-state index in [4.69, 9.17) is 0 Å². The molecular formula is C22H19F3N4O2. The number of hydrogen-bond donors (Lipinski definition) is 1. The van der Waals surface area contributed by atoms with Gasteiger partial charge in [-0.1, -0.05) is 47.6 Å². The van der Waals surface area contributed by atoms with Gasteiger partial charge in [-0.2, -0.15) is 18.2 Å². The normalized spacial score (nSPS) is 21.4. The van der Waals surface area contributed by atoms with Crippen LogP contribution in [0.1, 0.15) is 39.7 Å². The summed E-state index contributed by atoms with van der Waals surface area (Å²) >= 11 is 0. The molecule has 2 aliphatic rings. The van der Waals surface area contributed by atoms with Crippen molar-refractivity contribution < 1.29 is 22.5 Å². The molecule has 0 aliphatic carbocycles. The van der Waals surface area contributed by atoms with E-state index in [-0.39, 0.29) is 23.7 Å². The van der Waals surface area contributed by atoms with Gasteiger partial charge in [-0.25, -0.2) is 0 Å². The molecule has 1 fully saturated rings. The number of nitrogens with zero attached hydrogens (tertiary/aromatic N) is 3. The van der Waals surface area contributed by atoms with Crippen molar-refractivity contribution in [2.45, 2.75) is 31.1 Å². The van der Waals surface area contributed by atoms with E-state index in [9.17, 15) is 18.0 Å². The van der Waals surface area contributed by atoms with Crippen molar-refractivity contribution in [2.75, 3.05) is 13.1 Å². The summed E-state index contributed by atoms with van der Waals surface area (Å²) in [5.41, 5.74) is 2.81. The van der Waals surface area contributed by atoms with Crippen LogP contribution in [0.15, 0.2) is 53.1 Å². The first-order chi connectivity index (χ1) is 14.9. The van der Waals surface area contributed by atoms with Crippen LogP contribution in [0.3, 0.4) is 0 Å². The lowest BCUT2D eigenvalue weighted by Gasteiger charge is -2.38. The zero-order chi connectivity index (χ0) is 21.6. The Kier molecular flexibility index (Phi) is 4.77. The Morgan fingerprint density at radius 1 is 1.13 bits per heavy atom. The lowest BCUT2D eigenvalue weighted by molar-refractivity contribution is -0.159. The van der Waals surface area contributed by atoms with Crippen molar-refractivity contribution in [1.29, 1.82) is 0 Å². The largest absolute Gasteiger partial charge is 0.471 e. The highest BCUT2D eigenvalue weighted by Gasteiger charge is 2.40. The van der Waals surface area contributed by atoms with Crippen LogP contribution in [0.2, 0.25) is 0 Å². The molecule has 1 saturated heterocycles. The van der Waals surface area contributed by atoms with Gasteiger partial charge >= 0.3 is 12.1 Å². The molecule has 0 unspecified atom stereocenters. The highest BCUT2D eigenvalue weighted by Crippen LogP contribution is 2.36. The maximum Gasteiger partial charge on any atom is 0.471 e. The number of benzene rings is 2.